The summed E-state index contributed by atoms with van der Waals surface area (Å²) >= 11 is 0. The number of rotatable bonds is 10. The quantitative estimate of drug-likeness (QED) is 0.411. The monoisotopic (exact) mass is 411 g/mol. The molecule has 3 N–H and O–H groups in total. The molecule has 1 heterocycles. The highest BCUT2D eigenvalue weighted by molar-refractivity contribution is 5.79. The Hall–Kier alpha value is -2.81. The summed E-state index contributed by atoms with van der Waals surface area (Å²) in [6.07, 6.45) is 1.49. The number of alkyl halides is 2. The van der Waals surface area contributed by atoms with Crippen LogP contribution in [0, 0.1) is 0 Å². The van der Waals surface area contributed by atoms with Crippen molar-refractivity contribution in [3.8, 4) is 11.5 Å². The van der Waals surface area contributed by atoms with Gasteiger partial charge in [0, 0.05) is 12.1 Å². The van der Waals surface area contributed by atoms with E-state index in [0.29, 0.717) is 30.4 Å². The van der Waals surface area contributed by atoms with Crippen molar-refractivity contribution >= 4 is 5.96 Å². The second kappa shape index (κ2) is 10.7. The Kier molecular flexibility index (Phi) is 8.26. The molecule has 0 amide bonds. The van der Waals surface area contributed by atoms with E-state index in [1.165, 1.54) is 6.26 Å². The van der Waals surface area contributed by atoms with Gasteiger partial charge in [0.15, 0.2) is 17.5 Å². The minimum atomic E-state index is -2.98. The molecule has 29 heavy (non-hydrogen) atoms. The standard InChI is InChI=1S/C20H27F2N3O4/c1-4-23-19(25-13-20(3,26)16-10-7-11-28-16)24-12-14-8-6-9-15(27-5-2)17(14)29-18(21)22/h6-11,18,26H,4-5,12-13H2,1-3H3,(H2,23,24,25). The number of guanidine groups is 1. The van der Waals surface area contributed by atoms with E-state index >= 15 is 0 Å². The lowest BCUT2D eigenvalue weighted by atomic mass is 10.0. The Morgan fingerprint density at radius 1 is 1.24 bits per heavy atom. The number of aliphatic hydroxyl groups is 1. The molecule has 0 aliphatic carbocycles. The molecule has 0 spiro atoms. The van der Waals surface area contributed by atoms with Gasteiger partial charge < -0.3 is 29.6 Å². The lowest BCUT2D eigenvalue weighted by Crippen LogP contribution is -2.44. The molecule has 160 valence electrons. The molecule has 0 saturated heterocycles. The molecule has 2 rings (SSSR count). The van der Waals surface area contributed by atoms with Crippen molar-refractivity contribution in [3.63, 3.8) is 0 Å². The fourth-order valence-corrected chi connectivity index (χ4v) is 2.61. The SMILES string of the molecule is CCNC(=NCc1cccc(OCC)c1OC(F)F)NCC(C)(O)c1ccco1. The van der Waals surface area contributed by atoms with E-state index < -0.39 is 12.2 Å². The second-order valence-corrected chi connectivity index (χ2v) is 6.36. The molecular weight excluding hydrogens is 384 g/mol. The maximum Gasteiger partial charge on any atom is 0.387 e. The molecule has 1 aromatic carbocycles. The number of hydrogen-bond acceptors (Lipinski definition) is 5. The Bertz CT molecular complexity index is 780. The molecule has 1 aromatic heterocycles. The number of nitrogens with one attached hydrogen (secondary N) is 2. The lowest BCUT2D eigenvalue weighted by Gasteiger charge is -2.22. The number of para-hydroxylation sites is 1. The number of hydrogen-bond donors (Lipinski definition) is 3. The predicted octanol–water partition coefficient (Wildman–Crippen LogP) is 3.24. The van der Waals surface area contributed by atoms with Crippen LogP contribution >= 0.6 is 0 Å². The Morgan fingerprint density at radius 2 is 2.03 bits per heavy atom. The smallest absolute Gasteiger partial charge is 0.387 e. The van der Waals surface area contributed by atoms with Crippen molar-refractivity contribution in [3.05, 3.63) is 47.9 Å². The zero-order valence-electron chi connectivity index (χ0n) is 16.7. The maximum absolute atomic E-state index is 12.9. The van der Waals surface area contributed by atoms with E-state index in [4.69, 9.17) is 9.15 Å². The van der Waals surface area contributed by atoms with Crippen LogP contribution in [0.15, 0.2) is 46.0 Å². The molecule has 0 radical (unpaired) electrons. The molecule has 0 aliphatic heterocycles. The number of aliphatic imine (C=N–C) groups is 1. The van der Waals surface area contributed by atoms with Crippen LogP contribution < -0.4 is 20.1 Å². The summed E-state index contributed by atoms with van der Waals surface area (Å²) in [7, 11) is 0. The molecule has 0 bridgehead atoms. The molecule has 0 fully saturated rings. The lowest BCUT2D eigenvalue weighted by molar-refractivity contribution is -0.0520. The first-order valence-electron chi connectivity index (χ1n) is 9.35. The zero-order chi connectivity index (χ0) is 21.3. The van der Waals surface area contributed by atoms with Gasteiger partial charge in [-0.25, -0.2) is 4.99 Å². The third-order valence-corrected chi connectivity index (χ3v) is 3.97. The fourth-order valence-electron chi connectivity index (χ4n) is 2.61. The molecule has 7 nitrogen and oxygen atoms in total. The van der Waals surface area contributed by atoms with E-state index in [9.17, 15) is 13.9 Å². The van der Waals surface area contributed by atoms with Gasteiger partial charge in [0.1, 0.15) is 11.4 Å². The molecule has 1 unspecified atom stereocenters. The van der Waals surface area contributed by atoms with Crippen molar-refractivity contribution in [2.75, 3.05) is 19.7 Å². The van der Waals surface area contributed by atoms with E-state index in [0.717, 1.165) is 0 Å². The molecule has 9 heteroatoms. The van der Waals surface area contributed by atoms with Gasteiger partial charge in [-0.2, -0.15) is 8.78 Å². The van der Waals surface area contributed by atoms with Crippen molar-refractivity contribution in [2.45, 2.75) is 39.5 Å². The zero-order valence-corrected chi connectivity index (χ0v) is 16.7. The van der Waals surface area contributed by atoms with Crippen LogP contribution in [0.5, 0.6) is 11.5 Å². The minimum Gasteiger partial charge on any atom is -0.490 e. The second-order valence-electron chi connectivity index (χ2n) is 6.36. The van der Waals surface area contributed by atoms with Crippen LogP contribution in [0.4, 0.5) is 8.78 Å². The minimum absolute atomic E-state index is 0.0356. The van der Waals surface area contributed by atoms with Crippen molar-refractivity contribution < 1.29 is 27.8 Å². The third-order valence-electron chi connectivity index (χ3n) is 3.97. The molecular formula is C20H27F2N3O4. The summed E-state index contributed by atoms with van der Waals surface area (Å²) in [6, 6.07) is 8.28. The van der Waals surface area contributed by atoms with E-state index in [2.05, 4.69) is 20.4 Å². The summed E-state index contributed by atoms with van der Waals surface area (Å²) in [5.41, 5.74) is -0.801. The molecule has 1 atom stereocenters. The summed E-state index contributed by atoms with van der Waals surface area (Å²) in [5, 5.41) is 16.6. The number of furan rings is 1. The molecule has 2 aromatic rings. The summed E-state index contributed by atoms with van der Waals surface area (Å²) in [5.74, 6) is 1.02. The van der Waals surface area contributed by atoms with Crippen molar-refractivity contribution in [2.24, 2.45) is 4.99 Å². The molecule has 0 saturated carbocycles. The highest BCUT2D eigenvalue weighted by Crippen LogP contribution is 2.33. The van der Waals surface area contributed by atoms with Gasteiger partial charge in [0.05, 0.1) is 26.0 Å². The number of nitrogens with zero attached hydrogens (tertiary/aromatic N) is 1. The first kappa shape index (κ1) is 22.5. The first-order chi connectivity index (χ1) is 13.9. The van der Waals surface area contributed by atoms with Gasteiger partial charge in [0.25, 0.3) is 0 Å². The average molecular weight is 411 g/mol. The molecule has 0 aliphatic rings. The average Bonchev–Trinajstić information content (AvgIpc) is 3.22. The van der Waals surface area contributed by atoms with Crippen LogP contribution in [-0.4, -0.2) is 37.4 Å². The van der Waals surface area contributed by atoms with Crippen LogP contribution in [0.2, 0.25) is 0 Å². The number of halogens is 2. The maximum atomic E-state index is 12.9. The largest absolute Gasteiger partial charge is 0.490 e. The van der Waals surface area contributed by atoms with E-state index in [-0.39, 0.29) is 24.6 Å². The van der Waals surface area contributed by atoms with Gasteiger partial charge in [-0.05, 0) is 39.0 Å². The Morgan fingerprint density at radius 3 is 2.66 bits per heavy atom. The van der Waals surface area contributed by atoms with E-state index in [1.807, 2.05) is 6.92 Å². The number of benzene rings is 1. The van der Waals surface area contributed by atoms with Crippen LogP contribution in [0.1, 0.15) is 32.1 Å². The van der Waals surface area contributed by atoms with Gasteiger partial charge in [0.2, 0.25) is 0 Å². The number of ether oxygens (including phenoxy) is 2. The normalized spacial score (nSPS) is 13.8. The Balaban J connectivity index is 2.16. The van der Waals surface area contributed by atoms with E-state index in [1.54, 1.807) is 44.2 Å². The van der Waals surface area contributed by atoms with Crippen molar-refractivity contribution in [1.82, 2.24) is 10.6 Å². The van der Waals surface area contributed by atoms with Gasteiger partial charge >= 0.3 is 6.61 Å². The van der Waals surface area contributed by atoms with Gasteiger partial charge in [-0.15, -0.1) is 0 Å². The van der Waals surface area contributed by atoms with Crippen LogP contribution in [-0.2, 0) is 12.1 Å². The highest BCUT2D eigenvalue weighted by atomic mass is 19.3. The summed E-state index contributed by atoms with van der Waals surface area (Å²) < 4.78 is 41.0. The topological polar surface area (TPSA) is 88.3 Å². The summed E-state index contributed by atoms with van der Waals surface area (Å²) in [6.45, 7) is 3.38. The fraction of sp³-hybridized carbons (Fsp3) is 0.450. The third kappa shape index (κ3) is 6.63. The first-order valence-corrected chi connectivity index (χ1v) is 9.35. The predicted molar refractivity (Wildman–Crippen MR) is 105 cm³/mol. The van der Waals surface area contributed by atoms with Gasteiger partial charge in [-0.3, -0.25) is 0 Å². The van der Waals surface area contributed by atoms with Crippen molar-refractivity contribution in [1.29, 1.82) is 0 Å². The Labute approximate surface area is 168 Å². The van der Waals surface area contributed by atoms with Crippen LogP contribution in [0.25, 0.3) is 0 Å². The highest BCUT2D eigenvalue weighted by Gasteiger charge is 2.26. The summed E-state index contributed by atoms with van der Waals surface area (Å²) in [4.78, 5) is 4.41. The van der Waals surface area contributed by atoms with Gasteiger partial charge in [-0.1, -0.05) is 12.1 Å². The van der Waals surface area contributed by atoms with Crippen LogP contribution in [0.3, 0.4) is 0 Å².